The predicted octanol–water partition coefficient (Wildman–Crippen LogP) is 4.79. The molecule has 0 radical (unpaired) electrons. The smallest absolute Gasteiger partial charge is 0.238 e. The second-order valence-electron chi connectivity index (χ2n) is 6.69. The average molecular weight is 427 g/mol. The summed E-state index contributed by atoms with van der Waals surface area (Å²) in [6.07, 6.45) is 1.04. The van der Waals surface area contributed by atoms with E-state index in [-0.39, 0.29) is 5.91 Å². The van der Waals surface area contributed by atoms with Gasteiger partial charge in [0.15, 0.2) is 0 Å². The number of amides is 1. The molecular weight excluding hydrogens is 405 g/mol. The van der Waals surface area contributed by atoms with Crippen molar-refractivity contribution >= 4 is 46.4 Å². The Morgan fingerprint density at radius 2 is 1.56 bits per heavy atom. The summed E-state index contributed by atoms with van der Waals surface area (Å²) in [5.41, 5.74) is 1.80. The van der Waals surface area contributed by atoms with Gasteiger partial charge in [0.25, 0.3) is 0 Å². The largest absolute Gasteiger partial charge is 0.324 e. The van der Waals surface area contributed by atoms with Gasteiger partial charge in [-0.25, -0.2) is 0 Å². The van der Waals surface area contributed by atoms with Crippen LogP contribution in [-0.4, -0.2) is 48.4 Å². The van der Waals surface area contributed by atoms with Gasteiger partial charge in [-0.3, -0.25) is 14.6 Å². The van der Waals surface area contributed by atoms with Crippen LogP contribution in [0.5, 0.6) is 0 Å². The molecule has 0 spiro atoms. The van der Waals surface area contributed by atoms with Gasteiger partial charge in [-0.15, -0.1) is 0 Å². The predicted molar refractivity (Wildman–Crippen MR) is 113 cm³/mol. The van der Waals surface area contributed by atoms with Crippen molar-refractivity contribution in [1.29, 1.82) is 0 Å². The van der Waals surface area contributed by atoms with E-state index in [2.05, 4.69) is 39.4 Å². The normalized spacial score (nSPS) is 16.1. The summed E-state index contributed by atoms with van der Waals surface area (Å²) in [5, 5.41) is 3.94. The molecule has 0 aromatic heterocycles. The first-order chi connectivity index (χ1) is 13.0. The maximum absolute atomic E-state index is 12.4. The Hall–Kier alpha value is -1.30. The molecule has 3 rings (SSSR count). The Balaban J connectivity index is 1.51. The van der Waals surface area contributed by atoms with Crippen LogP contribution in [0.15, 0.2) is 42.5 Å². The molecule has 1 aliphatic rings. The van der Waals surface area contributed by atoms with Crippen molar-refractivity contribution in [2.75, 3.05) is 38.0 Å². The van der Waals surface area contributed by atoms with E-state index in [0.717, 1.165) is 39.1 Å². The van der Waals surface area contributed by atoms with Crippen molar-refractivity contribution in [3.05, 3.63) is 63.1 Å². The highest BCUT2D eigenvalue weighted by atomic mass is 35.5. The first kappa shape index (κ1) is 20.4. The van der Waals surface area contributed by atoms with Crippen LogP contribution >= 0.6 is 34.8 Å². The van der Waals surface area contributed by atoms with Gasteiger partial charge in [-0.1, -0.05) is 65.1 Å². The zero-order chi connectivity index (χ0) is 19.2. The van der Waals surface area contributed by atoms with Crippen LogP contribution in [0.25, 0.3) is 0 Å². The fourth-order valence-corrected chi connectivity index (χ4v) is 3.79. The molecule has 144 valence electrons. The molecule has 0 aliphatic carbocycles. The Labute approximate surface area is 175 Å². The fraction of sp³-hybridized carbons (Fsp3) is 0.350. The van der Waals surface area contributed by atoms with Crippen molar-refractivity contribution in [1.82, 2.24) is 9.80 Å². The quantitative estimate of drug-likeness (QED) is 0.698. The second kappa shape index (κ2) is 9.76. The van der Waals surface area contributed by atoms with Crippen LogP contribution in [0.3, 0.4) is 0 Å². The van der Waals surface area contributed by atoms with E-state index in [1.165, 1.54) is 11.6 Å². The van der Waals surface area contributed by atoms with Crippen LogP contribution in [-0.2, 0) is 11.3 Å². The molecular formula is C20H22Cl3N3O. The zero-order valence-corrected chi connectivity index (χ0v) is 17.2. The molecule has 1 fully saturated rings. The summed E-state index contributed by atoms with van der Waals surface area (Å²) in [6, 6.07) is 13.6. The summed E-state index contributed by atoms with van der Waals surface area (Å²) >= 11 is 18.1. The number of carbonyl (C=O) groups is 1. The zero-order valence-electron chi connectivity index (χ0n) is 14.9. The van der Waals surface area contributed by atoms with Gasteiger partial charge in [0.05, 0.1) is 27.3 Å². The summed E-state index contributed by atoms with van der Waals surface area (Å²) in [7, 11) is 0. The lowest BCUT2D eigenvalue weighted by Gasteiger charge is -2.21. The molecule has 1 saturated heterocycles. The van der Waals surface area contributed by atoms with Gasteiger partial charge >= 0.3 is 0 Å². The summed E-state index contributed by atoms with van der Waals surface area (Å²) in [5.74, 6) is -0.105. The summed E-state index contributed by atoms with van der Waals surface area (Å²) in [6.45, 7) is 5.00. The SMILES string of the molecule is O=C(CN1CCCN(Cc2ccccc2)CC1)Nc1cc(Cl)c(Cl)cc1Cl. The molecule has 2 aromatic carbocycles. The Bertz CT molecular complexity index is 786. The van der Waals surface area contributed by atoms with E-state index in [0.29, 0.717) is 27.3 Å². The van der Waals surface area contributed by atoms with Crippen molar-refractivity contribution in [3.8, 4) is 0 Å². The van der Waals surface area contributed by atoms with Crippen LogP contribution in [0.2, 0.25) is 15.1 Å². The molecule has 1 heterocycles. The molecule has 1 amide bonds. The number of benzene rings is 2. The van der Waals surface area contributed by atoms with Crippen LogP contribution in [0, 0.1) is 0 Å². The lowest BCUT2D eigenvalue weighted by atomic mass is 10.2. The van der Waals surface area contributed by atoms with Gasteiger partial charge < -0.3 is 5.32 Å². The van der Waals surface area contributed by atoms with E-state index in [4.69, 9.17) is 34.8 Å². The Morgan fingerprint density at radius 3 is 2.33 bits per heavy atom. The minimum Gasteiger partial charge on any atom is -0.324 e. The molecule has 1 N–H and O–H groups in total. The summed E-state index contributed by atoms with van der Waals surface area (Å²) < 4.78 is 0. The Kier molecular flexibility index (Phi) is 7.39. The van der Waals surface area contributed by atoms with E-state index < -0.39 is 0 Å². The van der Waals surface area contributed by atoms with Gasteiger partial charge in [0.1, 0.15) is 0 Å². The van der Waals surface area contributed by atoms with Gasteiger partial charge in [-0.2, -0.15) is 0 Å². The minimum atomic E-state index is -0.105. The molecule has 0 saturated carbocycles. The molecule has 0 unspecified atom stereocenters. The average Bonchev–Trinajstić information content (AvgIpc) is 2.86. The van der Waals surface area contributed by atoms with Crippen molar-refractivity contribution in [3.63, 3.8) is 0 Å². The van der Waals surface area contributed by atoms with Gasteiger partial charge in [0.2, 0.25) is 5.91 Å². The standard InChI is InChI=1S/C20H22Cl3N3O/c21-16-11-18(23)19(12-17(16)22)24-20(27)14-26-8-4-7-25(9-10-26)13-15-5-2-1-3-6-15/h1-3,5-6,11-12H,4,7-10,13-14H2,(H,24,27). The van der Waals surface area contributed by atoms with Gasteiger partial charge in [-0.05, 0) is 37.2 Å². The highest BCUT2D eigenvalue weighted by Gasteiger charge is 2.18. The molecule has 7 heteroatoms. The molecule has 0 atom stereocenters. The minimum absolute atomic E-state index is 0.105. The molecule has 4 nitrogen and oxygen atoms in total. The van der Waals surface area contributed by atoms with Crippen molar-refractivity contribution in [2.24, 2.45) is 0 Å². The fourth-order valence-electron chi connectivity index (χ4n) is 3.19. The number of anilines is 1. The van der Waals surface area contributed by atoms with Crippen molar-refractivity contribution < 1.29 is 4.79 Å². The Morgan fingerprint density at radius 1 is 0.889 bits per heavy atom. The van der Waals surface area contributed by atoms with Crippen LogP contribution in [0.4, 0.5) is 5.69 Å². The van der Waals surface area contributed by atoms with Crippen LogP contribution < -0.4 is 5.32 Å². The summed E-state index contributed by atoms with van der Waals surface area (Å²) in [4.78, 5) is 17.0. The molecule has 2 aromatic rings. The maximum atomic E-state index is 12.4. The third-order valence-electron chi connectivity index (χ3n) is 4.58. The highest BCUT2D eigenvalue weighted by Crippen LogP contribution is 2.32. The highest BCUT2D eigenvalue weighted by molar-refractivity contribution is 6.44. The lowest BCUT2D eigenvalue weighted by molar-refractivity contribution is -0.117. The molecule has 1 aliphatic heterocycles. The van der Waals surface area contributed by atoms with E-state index in [9.17, 15) is 4.79 Å². The van der Waals surface area contributed by atoms with Crippen LogP contribution in [0.1, 0.15) is 12.0 Å². The van der Waals surface area contributed by atoms with E-state index in [1.54, 1.807) is 6.07 Å². The monoisotopic (exact) mass is 425 g/mol. The third-order valence-corrected chi connectivity index (χ3v) is 5.62. The number of hydrogen-bond donors (Lipinski definition) is 1. The number of hydrogen-bond acceptors (Lipinski definition) is 3. The molecule has 27 heavy (non-hydrogen) atoms. The topological polar surface area (TPSA) is 35.6 Å². The first-order valence-electron chi connectivity index (χ1n) is 8.94. The van der Waals surface area contributed by atoms with E-state index in [1.807, 2.05) is 6.07 Å². The third kappa shape index (κ3) is 6.09. The number of nitrogens with zero attached hydrogens (tertiary/aromatic N) is 2. The number of carbonyl (C=O) groups excluding carboxylic acids is 1. The molecule has 0 bridgehead atoms. The van der Waals surface area contributed by atoms with Gasteiger partial charge in [0, 0.05) is 19.6 Å². The van der Waals surface area contributed by atoms with E-state index >= 15 is 0 Å². The second-order valence-corrected chi connectivity index (χ2v) is 7.91. The number of rotatable bonds is 5. The number of nitrogens with one attached hydrogen (secondary N) is 1. The maximum Gasteiger partial charge on any atom is 0.238 e. The number of halogens is 3. The lowest BCUT2D eigenvalue weighted by Crippen LogP contribution is -2.36. The first-order valence-corrected chi connectivity index (χ1v) is 10.1. The van der Waals surface area contributed by atoms with Crippen molar-refractivity contribution in [2.45, 2.75) is 13.0 Å².